The molecule has 1 aliphatic heterocycles. The average Bonchev–Trinajstić information content (AvgIpc) is 3.35. The molecule has 29 heavy (non-hydrogen) atoms. The molecule has 150 valence electrons. The van der Waals surface area contributed by atoms with Crippen molar-refractivity contribution in [3.05, 3.63) is 65.1 Å². The second-order valence-electron chi connectivity index (χ2n) is 6.97. The normalized spacial score (nSPS) is 14.3. The number of aromatic nitrogens is 3. The zero-order valence-electron chi connectivity index (χ0n) is 16.1. The molecule has 3 aromatic rings. The van der Waals surface area contributed by atoms with Crippen molar-refractivity contribution < 1.29 is 18.5 Å². The summed E-state index contributed by atoms with van der Waals surface area (Å²) in [6.07, 6.45) is 3.46. The topological polar surface area (TPSA) is 84.5 Å². The first-order valence-corrected chi connectivity index (χ1v) is 9.23. The van der Waals surface area contributed by atoms with Crippen molar-refractivity contribution in [2.75, 3.05) is 18.0 Å². The number of urea groups is 1. The molecule has 0 atom stereocenters. The molecule has 0 spiro atoms. The largest absolute Gasteiger partial charge is 0.361 e. The van der Waals surface area contributed by atoms with Crippen LogP contribution in [0, 0.1) is 19.7 Å². The molecule has 1 fully saturated rings. The summed E-state index contributed by atoms with van der Waals surface area (Å²) in [5.41, 5.74) is 2.59. The number of hydrogen-bond donors (Lipinski definition) is 0. The van der Waals surface area contributed by atoms with Gasteiger partial charge in [-0.3, -0.25) is 9.48 Å². The number of hydrogen-bond acceptors (Lipinski definition) is 5. The Morgan fingerprint density at radius 1 is 1.21 bits per heavy atom. The third-order valence-corrected chi connectivity index (χ3v) is 5.03. The van der Waals surface area contributed by atoms with Crippen LogP contribution < -0.4 is 4.90 Å². The van der Waals surface area contributed by atoms with Crippen LogP contribution in [0.3, 0.4) is 0 Å². The van der Waals surface area contributed by atoms with E-state index in [-0.39, 0.29) is 24.8 Å². The monoisotopic (exact) mass is 397 g/mol. The first-order valence-electron chi connectivity index (χ1n) is 9.23. The van der Waals surface area contributed by atoms with E-state index >= 15 is 0 Å². The number of rotatable bonds is 6. The average molecular weight is 397 g/mol. The van der Waals surface area contributed by atoms with Crippen molar-refractivity contribution >= 4 is 17.6 Å². The van der Waals surface area contributed by atoms with Crippen LogP contribution in [0.4, 0.5) is 14.9 Å². The Kier molecular flexibility index (Phi) is 4.87. The van der Waals surface area contributed by atoms with Gasteiger partial charge in [-0.25, -0.2) is 14.1 Å². The van der Waals surface area contributed by atoms with Gasteiger partial charge in [-0.1, -0.05) is 23.4 Å². The van der Waals surface area contributed by atoms with Gasteiger partial charge in [0.1, 0.15) is 18.1 Å². The second-order valence-corrected chi connectivity index (χ2v) is 6.97. The molecule has 0 radical (unpaired) electrons. The van der Waals surface area contributed by atoms with Gasteiger partial charge in [-0.2, -0.15) is 5.10 Å². The number of aryl methyl sites for hydroxylation is 2. The van der Waals surface area contributed by atoms with Crippen LogP contribution in [0.15, 0.2) is 41.2 Å². The smallest absolute Gasteiger partial charge is 0.331 e. The minimum Gasteiger partial charge on any atom is -0.361 e. The van der Waals surface area contributed by atoms with E-state index in [4.69, 9.17) is 4.52 Å². The van der Waals surface area contributed by atoms with E-state index in [1.54, 1.807) is 29.1 Å². The van der Waals surface area contributed by atoms with Gasteiger partial charge >= 0.3 is 6.03 Å². The fourth-order valence-electron chi connectivity index (χ4n) is 3.38. The van der Waals surface area contributed by atoms with Crippen LogP contribution in [-0.2, 0) is 17.8 Å². The summed E-state index contributed by atoms with van der Waals surface area (Å²) >= 11 is 0. The fourth-order valence-corrected chi connectivity index (χ4v) is 3.38. The highest BCUT2D eigenvalue weighted by atomic mass is 19.1. The first-order chi connectivity index (χ1) is 13.9. The van der Waals surface area contributed by atoms with Crippen LogP contribution in [0.2, 0.25) is 0 Å². The van der Waals surface area contributed by atoms with E-state index in [1.165, 1.54) is 17.2 Å². The van der Waals surface area contributed by atoms with Crippen LogP contribution in [-0.4, -0.2) is 44.9 Å². The molecule has 4 rings (SSSR count). The summed E-state index contributed by atoms with van der Waals surface area (Å²) in [7, 11) is 0. The molecule has 2 aromatic heterocycles. The van der Waals surface area contributed by atoms with Crippen molar-refractivity contribution in [1.29, 1.82) is 0 Å². The van der Waals surface area contributed by atoms with Crippen LogP contribution >= 0.6 is 0 Å². The van der Waals surface area contributed by atoms with Gasteiger partial charge in [0.05, 0.1) is 24.1 Å². The fraction of sp³-hybridized carbons (Fsp3) is 0.300. The Morgan fingerprint density at radius 3 is 2.72 bits per heavy atom. The molecule has 0 N–H and O–H groups in total. The van der Waals surface area contributed by atoms with Gasteiger partial charge in [0, 0.05) is 18.3 Å². The van der Waals surface area contributed by atoms with E-state index in [0.717, 1.165) is 16.2 Å². The minimum absolute atomic E-state index is 0.0394. The van der Waals surface area contributed by atoms with Gasteiger partial charge in [0.2, 0.25) is 0 Å². The number of benzene rings is 1. The molecule has 0 unspecified atom stereocenters. The van der Waals surface area contributed by atoms with Crippen molar-refractivity contribution in [1.82, 2.24) is 19.8 Å². The molecular formula is C20H20FN5O3. The third kappa shape index (κ3) is 3.63. The van der Waals surface area contributed by atoms with E-state index in [0.29, 0.717) is 30.0 Å². The van der Waals surface area contributed by atoms with Crippen LogP contribution in [0.25, 0.3) is 0 Å². The molecule has 0 saturated carbocycles. The molecule has 1 saturated heterocycles. The van der Waals surface area contributed by atoms with Crippen LogP contribution in [0.5, 0.6) is 0 Å². The molecule has 1 aliphatic rings. The standard InChI is InChI=1S/C20H20FN5O3/c1-13-17(14(2)29-23-13)11-25-10-16(9-22-25)26-19(27)12-24(20(26)28)8-7-15-5-3-4-6-18(15)21/h3-6,9-10H,7-8,11-12H2,1-2H3. The Morgan fingerprint density at radius 2 is 2.00 bits per heavy atom. The quantitative estimate of drug-likeness (QED) is 0.597. The van der Waals surface area contributed by atoms with Crippen molar-refractivity contribution in [3.8, 4) is 0 Å². The lowest BCUT2D eigenvalue weighted by molar-refractivity contribution is -0.116. The Hall–Kier alpha value is -3.49. The molecule has 3 amide bonds. The number of carbonyl (C=O) groups is 2. The predicted octanol–water partition coefficient (Wildman–Crippen LogP) is 2.69. The summed E-state index contributed by atoms with van der Waals surface area (Å²) < 4.78 is 20.6. The van der Waals surface area contributed by atoms with Crippen LogP contribution in [0.1, 0.15) is 22.6 Å². The van der Waals surface area contributed by atoms with E-state index in [2.05, 4.69) is 10.3 Å². The van der Waals surface area contributed by atoms with Gasteiger partial charge in [-0.05, 0) is 31.9 Å². The zero-order valence-corrected chi connectivity index (χ0v) is 16.1. The second kappa shape index (κ2) is 7.50. The summed E-state index contributed by atoms with van der Waals surface area (Å²) in [6.45, 7) is 4.31. The molecule has 0 aliphatic carbocycles. The number of anilines is 1. The van der Waals surface area contributed by atoms with Gasteiger partial charge < -0.3 is 9.42 Å². The first kappa shape index (κ1) is 18.9. The number of carbonyl (C=O) groups excluding carboxylic acids is 2. The van der Waals surface area contributed by atoms with Gasteiger partial charge in [0.25, 0.3) is 5.91 Å². The lowest BCUT2D eigenvalue weighted by Gasteiger charge is -2.16. The maximum absolute atomic E-state index is 13.8. The number of halogens is 1. The molecule has 1 aromatic carbocycles. The van der Waals surface area contributed by atoms with Gasteiger partial charge in [0.15, 0.2) is 0 Å². The Bertz CT molecular complexity index is 1050. The predicted molar refractivity (Wildman–Crippen MR) is 102 cm³/mol. The number of imide groups is 1. The molecule has 3 heterocycles. The summed E-state index contributed by atoms with van der Waals surface area (Å²) in [5, 5.41) is 8.16. The molecular weight excluding hydrogens is 377 g/mol. The van der Waals surface area contributed by atoms with E-state index in [1.807, 2.05) is 13.8 Å². The van der Waals surface area contributed by atoms with Crippen molar-refractivity contribution in [3.63, 3.8) is 0 Å². The van der Waals surface area contributed by atoms with Crippen molar-refractivity contribution in [2.45, 2.75) is 26.8 Å². The lowest BCUT2D eigenvalue weighted by Crippen LogP contribution is -2.33. The van der Waals surface area contributed by atoms with E-state index in [9.17, 15) is 14.0 Å². The minimum atomic E-state index is -0.428. The molecule has 0 bridgehead atoms. The molecule has 9 heteroatoms. The van der Waals surface area contributed by atoms with Crippen molar-refractivity contribution in [2.24, 2.45) is 0 Å². The SMILES string of the molecule is Cc1noc(C)c1Cn1cc(N2C(=O)CN(CCc3ccccc3F)C2=O)cn1. The summed E-state index contributed by atoms with van der Waals surface area (Å²) in [6, 6.07) is 5.99. The summed E-state index contributed by atoms with van der Waals surface area (Å²) in [4.78, 5) is 27.7. The molecule has 8 nitrogen and oxygen atoms in total. The van der Waals surface area contributed by atoms with E-state index < -0.39 is 6.03 Å². The Balaban J connectivity index is 1.45. The Labute approximate surface area is 166 Å². The zero-order chi connectivity index (χ0) is 20.5. The summed E-state index contributed by atoms with van der Waals surface area (Å²) in [5.74, 6) is 0.0514. The lowest BCUT2D eigenvalue weighted by atomic mass is 10.1. The number of amides is 3. The highest BCUT2D eigenvalue weighted by Crippen LogP contribution is 2.22. The van der Waals surface area contributed by atoms with Gasteiger partial charge in [-0.15, -0.1) is 0 Å². The maximum Gasteiger partial charge on any atom is 0.331 e. The highest BCUT2D eigenvalue weighted by molar-refractivity contribution is 6.19. The maximum atomic E-state index is 13.8. The highest BCUT2D eigenvalue weighted by Gasteiger charge is 2.37. The third-order valence-electron chi connectivity index (χ3n) is 5.03. The number of nitrogens with zero attached hydrogens (tertiary/aromatic N) is 5.